The van der Waals surface area contributed by atoms with E-state index in [2.05, 4.69) is 13.8 Å². The van der Waals surface area contributed by atoms with Crippen molar-refractivity contribution in [1.29, 1.82) is 0 Å². The third-order valence-corrected chi connectivity index (χ3v) is 8.48. The zero-order valence-electron chi connectivity index (χ0n) is 15.2. The van der Waals surface area contributed by atoms with Gasteiger partial charge < -0.3 is 19.2 Å². The first-order valence-electron chi connectivity index (χ1n) is 9.28. The largest absolute Gasteiger partial charge is 0.343 e. The van der Waals surface area contributed by atoms with Crippen LogP contribution >= 0.6 is 15.2 Å². The maximum absolute atomic E-state index is 12.3. The van der Waals surface area contributed by atoms with E-state index in [9.17, 15) is 23.8 Å². The summed E-state index contributed by atoms with van der Waals surface area (Å²) in [5, 5.41) is -1.59. The van der Waals surface area contributed by atoms with Gasteiger partial charge in [0.15, 0.2) is 5.40 Å². The third kappa shape index (κ3) is 11.8. The van der Waals surface area contributed by atoms with E-state index in [1.54, 1.807) is 0 Å². The SMILES string of the molecule is CCCCCCCCOP(=O)(O)C(CCCCCCC)P(=O)(O)O. The Balaban J connectivity index is 4.27. The minimum absolute atomic E-state index is 0.0261. The van der Waals surface area contributed by atoms with Gasteiger partial charge in [-0.05, 0) is 12.8 Å². The molecule has 3 N–H and O–H groups in total. The van der Waals surface area contributed by atoms with Crippen LogP contribution in [0.5, 0.6) is 0 Å². The van der Waals surface area contributed by atoms with Gasteiger partial charge in [-0.25, -0.2) is 0 Å². The lowest BCUT2D eigenvalue weighted by atomic mass is 10.1. The molecule has 0 rings (SSSR count). The lowest BCUT2D eigenvalue weighted by Gasteiger charge is -2.23. The van der Waals surface area contributed by atoms with Gasteiger partial charge in [-0.15, -0.1) is 0 Å². The molecule has 0 aliphatic carbocycles. The Morgan fingerprint density at radius 2 is 1.21 bits per heavy atom. The molecule has 8 heteroatoms. The summed E-state index contributed by atoms with van der Waals surface area (Å²) in [6, 6.07) is 0. The van der Waals surface area contributed by atoms with Crippen molar-refractivity contribution in [2.75, 3.05) is 6.61 Å². The average Bonchev–Trinajstić information content (AvgIpc) is 2.48. The van der Waals surface area contributed by atoms with Crippen molar-refractivity contribution in [2.45, 2.75) is 96.3 Å². The summed E-state index contributed by atoms with van der Waals surface area (Å²) in [7, 11) is -8.97. The second-order valence-electron chi connectivity index (χ2n) is 6.44. The van der Waals surface area contributed by atoms with E-state index in [4.69, 9.17) is 4.52 Å². The van der Waals surface area contributed by atoms with Crippen LogP contribution in [0.1, 0.15) is 90.9 Å². The predicted octanol–water partition coefficient (Wildman–Crippen LogP) is 5.41. The monoisotopic (exact) mass is 386 g/mol. The van der Waals surface area contributed by atoms with Crippen LogP contribution in [0.3, 0.4) is 0 Å². The van der Waals surface area contributed by atoms with Crippen LogP contribution in [-0.2, 0) is 13.7 Å². The Labute approximate surface area is 147 Å². The van der Waals surface area contributed by atoms with Crippen LogP contribution in [0.4, 0.5) is 0 Å². The summed E-state index contributed by atoms with van der Waals surface area (Å²) < 4.78 is 28.9. The Kier molecular flexibility index (Phi) is 13.7. The summed E-state index contributed by atoms with van der Waals surface area (Å²) in [5.41, 5.74) is 0. The minimum Gasteiger partial charge on any atom is -0.324 e. The van der Waals surface area contributed by atoms with E-state index in [0.29, 0.717) is 12.8 Å². The first-order chi connectivity index (χ1) is 11.3. The molecule has 0 radical (unpaired) electrons. The third-order valence-electron chi connectivity index (χ3n) is 4.10. The molecule has 0 amide bonds. The topological polar surface area (TPSA) is 104 Å². The number of hydrogen-bond acceptors (Lipinski definition) is 3. The predicted molar refractivity (Wildman–Crippen MR) is 98.4 cm³/mol. The van der Waals surface area contributed by atoms with Crippen molar-refractivity contribution in [3.05, 3.63) is 0 Å². The zero-order chi connectivity index (χ0) is 18.5. The first kappa shape index (κ1) is 24.3. The van der Waals surface area contributed by atoms with Gasteiger partial charge in [0.25, 0.3) is 0 Å². The molecule has 0 aromatic rings. The number of unbranched alkanes of at least 4 members (excludes halogenated alkanes) is 9. The highest BCUT2D eigenvalue weighted by Gasteiger charge is 2.44. The van der Waals surface area contributed by atoms with Gasteiger partial charge in [0.05, 0.1) is 6.61 Å². The molecule has 0 aromatic carbocycles. The molecule has 0 fully saturated rings. The highest BCUT2D eigenvalue weighted by atomic mass is 31.2. The molecule has 0 aliphatic rings. The summed E-state index contributed by atoms with van der Waals surface area (Å²) >= 11 is 0. The summed E-state index contributed by atoms with van der Waals surface area (Å²) in [5.74, 6) is 0. The molecular weight excluding hydrogens is 350 g/mol. The minimum atomic E-state index is -4.66. The normalized spacial score (nSPS) is 16.0. The van der Waals surface area contributed by atoms with Crippen molar-refractivity contribution >= 4 is 15.2 Å². The lowest BCUT2D eigenvalue weighted by molar-refractivity contribution is 0.244. The quantitative estimate of drug-likeness (QED) is 0.242. The smallest absolute Gasteiger partial charge is 0.324 e. The lowest BCUT2D eigenvalue weighted by Crippen LogP contribution is -2.12. The van der Waals surface area contributed by atoms with Crippen molar-refractivity contribution in [2.24, 2.45) is 0 Å². The van der Waals surface area contributed by atoms with Crippen LogP contribution in [0.2, 0.25) is 0 Å². The molecule has 24 heavy (non-hydrogen) atoms. The molecule has 0 heterocycles. The molecular formula is C16H36O6P2. The van der Waals surface area contributed by atoms with E-state index in [0.717, 1.165) is 51.4 Å². The molecule has 0 saturated heterocycles. The van der Waals surface area contributed by atoms with Crippen LogP contribution < -0.4 is 0 Å². The van der Waals surface area contributed by atoms with Gasteiger partial charge in [-0.1, -0.05) is 78.1 Å². The summed E-state index contributed by atoms with van der Waals surface area (Å²) in [6.07, 6.45) is 10.5. The van der Waals surface area contributed by atoms with E-state index < -0.39 is 20.6 Å². The van der Waals surface area contributed by atoms with E-state index in [1.807, 2.05) is 0 Å². The molecule has 0 spiro atoms. The number of rotatable bonds is 16. The Morgan fingerprint density at radius 1 is 0.750 bits per heavy atom. The molecule has 146 valence electrons. The first-order valence-corrected chi connectivity index (χ1v) is 12.6. The maximum Gasteiger partial charge on any atom is 0.343 e. The fourth-order valence-electron chi connectivity index (χ4n) is 2.62. The van der Waals surface area contributed by atoms with Crippen molar-refractivity contribution < 1.29 is 28.3 Å². The van der Waals surface area contributed by atoms with Gasteiger partial charge in [-0.3, -0.25) is 9.13 Å². The van der Waals surface area contributed by atoms with Gasteiger partial charge in [-0.2, -0.15) is 0 Å². The fraction of sp³-hybridized carbons (Fsp3) is 1.00. The van der Waals surface area contributed by atoms with Crippen molar-refractivity contribution in [3.8, 4) is 0 Å². The van der Waals surface area contributed by atoms with Crippen LogP contribution in [0.25, 0.3) is 0 Å². The molecule has 0 aromatic heterocycles. The van der Waals surface area contributed by atoms with Gasteiger partial charge in [0.2, 0.25) is 0 Å². The van der Waals surface area contributed by atoms with Crippen LogP contribution in [0.15, 0.2) is 0 Å². The van der Waals surface area contributed by atoms with Gasteiger partial charge in [0.1, 0.15) is 0 Å². The Bertz CT molecular complexity index is 396. The molecule has 2 atom stereocenters. The Morgan fingerprint density at radius 3 is 1.71 bits per heavy atom. The van der Waals surface area contributed by atoms with E-state index in [1.165, 1.54) is 6.42 Å². The van der Waals surface area contributed by atoms with Crippen molar-refractivity contribution in [3.63, 3.8) is 0 Å². The average molecular weight is 386 g/mol. The van der Waals surface area contributed by atoms with Crippen LogP contribution in [0, 0.1) is 0 Å². The second-order valence-corrected chi connectivity index (χ2v) is 10.7. The van der Waals surface area contributed by atoms with E-state index >= 15 is 0 Å². The zero-order valence-corrected chi connectivity index (χ0v) is 17.0. The maximum atomic E-state index is 12.3. The molecule has 0 aliphatic heterocycles. The van der Waals surface area contributed by atoms with Gasteiger partial charge in [0, 0.05) is 0 Å². The highest BCUT2D eigenvalue weighted by Crippen LogP contribution is 2.64. The molecule has 2 unspecified atom stereocenters. The van der Waals surface area contributed by atoms with E-state index in [-0.39, 0.29) is 13.0 Å². The molecule has 0 saturated carbocycles. The molecule has 0 bridgehead atoms. The highest BCUT2D eigenvalue weighted by molar-refractivity contribution is 7.71. The molecule has 6 nitrogen and oxygen atoms in total. The fourth-order valence-corrected chi connectivity index (χ4v) is 5.93. The number of hydrogen-bond donors (Lipinski definition) is 3. The van der Waals surface area contributed by atoms with Crippen molar-refractivity contribution in [1.82, 2.24) is 0 Å². The van der Waals surface area contributed by atoms with Crippen LogP contribution in [-0.4, -0.2) is 26.7 Å². The Hall–Kier alpha value is 0.300. The van der Waals surface area contributed by atoms with Gasteiger partial charge >= 0.3 is 15.2 Å². The summed E-state index contributed by atoms with van der Waals surface area (Å²) in [4.78, 5) is 28.8. The second kappa shape index (κ2) is 13.5. The standard InChI is InChI=1S/C16H36O6P2/c1-3-5-7-9-11-13-15-22-24(20,21)16(23(17,18)19)14-12-10-8-6-4-2/h16H,3-15H2,1-2H3,(H,20,21)(H2,17,18,19). The summed E-state index contributed by atoms with van der Waals surface area (Å²) in [6.45, 7) is 4.29.